The Kier molecular flexibility index (Phi) is 3.93. The van der Waals surface area contributed by atoms with Crippen molar-refractivity contribution in [1.29, 1.82) is 0 Å². The number of hydrogen-bond acceptors (Lipinski definition) is 1. The maximum atomic E-state index is 13.9. The monoisotopic (exact) mass is 293 g/mol. The first kappa shape index (κ1) is 15.1. The lowest BCUT2D eigenvalue weighted by Crippen LogP contribution is -2.41. The molecule has 1 aliphatic rings. The molecule has 1 atom stereocenters. The van der Waals surface area contributed by atoms with Crippen LogP contribution in [0.2, 0.25) is 0 Å². The molecule has 0 amide bonds. The summed E-state index contributed by atoms with van der Waals surface area (Å²) in [6.45, 7) is 3.43. The molecule has 1 heterocycles. The van der Waals surface area contributed by atoms with E-state index < -0.39 is 23.9 Å². The van der Waals surface area contributed by atoms with Gasteiger partial charge in [0.1, 0.15) is 17.7 Å². The zero-order valence-corrected chi connectivity index (χ0v) is 11.3. The minimum atomic E-state index is -4.39. The molecule has 0 aromatic heterocycles. The lowest BCUT2D eigenvalue weighted by molar-refractivity contribution is -0.146. The lowest BCUT2D eigenvalue weighted by Gasteiger charge is -2.29. The zero-order valence-electron chi connectivity index (χ0n) is 11.3. The van der Waals surface area contributed by atoms with Gasteiger partial charge in [0.2, 0.25) is 0 Å². The van der Waals surface area contributed by atoms with Gasteiger partial charge in [-0.3, -0.25) is 0 Å². The van der Waals surface area contributed by atoms with Gasteiger partial charge in [-0.15, -0.1) is 0 Å². The Morgan fingerprint density at radius 3 is 2.15 bits per heavy atom. The molecule has 6 heteroatoms. The molecule has 0 radical (unpaired) electrons. The van der Waals surface area contributed by atoms with Crippen LogP contribution in [0.25, 0.3) is 0 Å². The van der Waals surface area contributed by atoms with E-state index in [1.54, 1.807) is 13.8 Å². The Labute approximate surface area is 114 Å². The first-order valence-electron chi connectivity index (χ1n) is 6.54. The van der Waals surface area contributed by atoms with Gasteiger partial charge >= 0.3 is 6.18 Å². The minimum absolute atomic E-state index is 0.0378. The quantitative estimate of drug-likeness (QED) is 0.719. The smallest absolute Gasteiger partial charge is 0.360 e. The lowest BCUT2D eigenvalue weighted by atomic mass is 10.0. The molecule has 1 aromatic rings. The van der Waals surface area contributed by atoms with Crippen molar-refractivity contribution in [1.82, 2.24) is 0 Å². The number of rotatable bonds is 2. The summed E-state index contributed by atoms with van der Waals surface area (Å²) >= 11 is 0. The fraction of sp³-hybridized carbons (Fsp3) is 0.571. The van der Waals surface area contributed by atoms with E-state index in [0.29, 0.717) is 6.42 Å². The average molecular weight is 293 g/mol. The predicted molar refractivity (Wildman–Crippen MR) is 66.9 cm³/mol. The van der Waals surface area contributed by atoms with E-state index in [0.717, 1.165) is 17.0 Å². The van der Waals surface area contributed by atoms with E-state index in [-0.39, 0.29) is 30.1 Å². The van der Waals surface area contributed by atoms with Crippen molar-refractivity contribution in [3.05, 3.63) is 29.3 Å². The summed E-state index contributed by atoms with van der Waals surface area (Å²) < 4.78 is 66.4. The highest BCUT2D eigenvalue weighted by Gasteiger charge is 2.46. The second-order valence-corrected chi connectivity index (χ2v) is 5.37. The van der Waals surface area contributed by atoms with Crippen molar-refractivity contribution in [3.8, 4) is 0 Å². The molecule has 20 heavy (non-hydrogen) atoms. The van der Waals surface area contributed by atoms with Gasteiger partial charge in [-0.25, -0.2) is 8.78 Å². The number of hydrogen-bond donors (Lipinski definition) is 0. The van der Waals surface area contributed by atoms with Gasteiger partial charge < -0.3 is 4.90 Å². The molecule has 1 saturated heterocycles. The second-order valence-electron chi connectivity index (χ2n) is 5.37. The molecule has 2 rings (SSSR count). The van der Waals surface area contributed by atoms with Crippen molar-refractivity contribution in [2.75, 3.05) is 11.4 Å². The fourth-order valence-corrected chi connectivity index (χ4v) is 2.70. The molecule has 112 valence electrons. The maximum Gasteiger partial charge on any atom is 0.408 e. The summed E-state index contributed by atoms with van der Waals surface area (Å²) in [5.74, 6) is -1.94. The molecule has 0 saturated carbocycles. The Morgan fingerprint density at radius 1 is 1.15 bits per heavy atom. The highest BCUT2D eigenvalue weighted by molar-refractivity contribution is 5.51. The molecule has 0 N–H and O–H groups in total. The maximum absolute atomic E-state index is 13.9. The molecule has 1 aromatic carbocycles. The van der Waals surface area contributed by atoms with Gasteiger partial charge in [0.05, 0.1) is 0 Å². The van der Waals surface area contributed by atoms with Crippen LogP contribution < -0.4 is 4.90 Å². The summed E-state index contributed by atoms with van der Waals surface area (Å²) in [6, 6.07) is 0.344. The Hall–Kier alpha value is -1.33. The largest absolute Gasteiger partial charge is 0.408 e. The van der Waals surface area contributed by atoms with Gasteiger partial charge in [-0.05, 0) is 30.9 Å². The third kappa shape index (κ3) is 2.74. The molecule has 0 unspecified atom stereocenters. The van der Waals surface area contributed by atoms with E-state index in [9.17, 15) is 22.0 Å². The topological polar surface area (TPSA) is 3.24 Å². The predicted octanol–water partition coefficient (Wildman–Crippen LogP) is 4.62. The minimum Gasteiger partial charge on any atom is -0.360 e. The van der Waals surface area contributed by atoms with Gasteiger partial charge in [0.15, 0.2) is 0 Å². The van der Waals surface area contributed by atoms with Crippen molar-refractivity contribution in [3.63, 3.8) is 0 Å². The molecule has 1 fully saturated rings. The van der Waals surface area contributed by atoms with Crippen LogP contribution in [-0.2, 0) is 0 Å². The van der Waals surface area contributed by atoms with E-state index in [4.69, 9.17) is 0 Å². The first-order valence-corrected chi connectivity index (χ1v) is 6.54. The SMILES string of the molecule is CC(C)c1c(F)cc(N2CCC[C@@H]2C(F)(F)F)cc1F. The first-order chi connectivity index (χ1) is 9.21. The normalized spacial score (nSPS) is 20.0. The number of halogens is 5. The number of anilines is 1. The Balaban J connectivity index is 2.39. The molecule has 0 aliphatic carbocycles. The van der Waals surface area contributed by atoms with E-state index >= 15 is 0 Å². The van der Waals surface area contributed by atoms with Gasteiger partial charge in [0.25, 0.3) is 0 Å². The Morgan fingerprint density at radius 2 is 1.70 bits per heavy atom. The number of benzene rings is 1. The molecule has 1 nitrogen and oxygen atoms in total. The van der Waals surface area contributed by atoms with Crippen LogP contribution in [0.1, 0.15) is 38.2 Å². The molecular weight excluding hydrogens is 277 g/mol. The standard InChI is InChI=1S/C14H16F5N/c1-8(2)13-10(15)6-9(7-11(13)16)20-5-3-4-12(20)14(17,18)19/h6-8,12H,3-5H2,1-2H3/t12-/m1/s1. The Bertz CT molecular complexity index is 472. The average Bonchev–Trinajstić information content (AvgIpc) is 2.75. The highest BCUT2D eigenvalue weighted by Crippen LogP contribution is 2.37. The molecule has 0 spiro atoms. The van der Waals surface area contributed by atoms with Gasteiger partial charge in [-0.1, -0.05) is 13.8 Å². The summed E-state index contributed by atoms with van der Waals surface area (Å²) in [5, 5.41) is 0. The van der Waals surface area contributed by atoms with Crippen LogP contribution in [0.15, 0.2) is 12.1 Å². The molecular formula is C14H16F5N. The van der Waals surface area contributed by atoms with E-state index in [1.807, 2.05) is 0 Å². The third-order valence-electron chi connectivity index (χ3n) is 3.60. The van der Waals surface area contributed by atoms with Crippen LogP contribution in [-0.4, -0.2) is 18.8 Å². The zero-order chi connectivity index (χ0) is 15.1. The summed E-state index contributed by atoms with van der Waals surface area (Å²) in [6.07, 6.45) is -4.07. The van der Waals surface area contributed by atoms with Crippen molar-refractivity contribution in [2.45, 2.75) is 44.8 Å². The van der Waals surface area contributed by atoms with E-state index in [1.165, 1.54) is 0 Å². The van der Waals surface area contributed by atoms with Crippen LogP contribution in [0.3, 0.4) is 0 Å². The fourth-order valence-electron chi connectivity index (χ4n) is 2.70. The van der Waals surface area contributed by atoms with E-state index in [2.05, 4.69) is 0 Å². The van der Waals surface area contributed by atoms with Crippen molar-refractivity contribution < 1.29 is 22.0 Å². The van der Waals surface area contributed by atoms with Crippen LogP contribution in [0, 0.1) is 11.6 Å². The van der Waals surface area contributed by atoms with Gasteiger partial charge in [0, 0.05) is 17.8 Å². The van der Waals surface area contributed by atoms with Gasteiger partial charge in [-0.2, -0.15) is 13.2 Å². The third-order valence-corrected chi connectivity index (χ3v) is 3.60. The molecule has 1 aliphatic heterocycles. The summed E-state index contributed by atoms with van der Waals surface area (Å²) in [5.41, 5.74) is -0.124. The summed E-state index contributed by atoms with van der Waals surface area (Å²) in [4.78, 5) is 1.04. The van der Waals surface area contributed by atoms with Crippen LogP contribution in [0.4, 0.5) is 27.6 Å². The van der Waals surface area contributed by atoms with Crippen molar-refractivity contribution in [2.24, 2.45) is 0 Å². The van der Waals surface area contributed by atoms with Crippen LogP contribution in [0.5, 0.6) is 0 Å². The number of nitrogens with zero attached hydrogens (tertiary/aromatic N) is 1. The number of alkyl halides is 3. The van der Waals surface area contributed by atoms with Crippen LogP contribution >= 0.6 is 0 Å². The summed E-state index contributed by atoms with van der Waals surface area (Å²) in [7, 11) is 0. The van der Waals surface area contributed by atoms with Crippen molar-refractivity contribution >= 4 is 5.69 Å². The second kappa shape index (κ2) is 5.22. The molecule has 0 bridgehead atoms. The highest BCUT2D eigenvalue weighted by atomic mass is 19.4.